The first-order chi connectivity index (χ1) is 9.97. The van der Waals surface area contributed by atoms with Crippen LogP contribution < -0.4 is 9.47 Å². The third kappa shape index (κ3) is 2.94. The number of aliphatic carboxylic acids is 1. The van der Waals surface area contributed by atoms with Crippen molar-refractivity contribution in [2.24, 2.45) is 0 Å². The highest BCUT2D eigenvalue weighted by Gasteiger charge is 2.39. The zero-order valence-electron chi connectivity index (χ0n) is 12.3. The van der Waals surface area contributed by atoms with Crippen LogP contribution in [0, 0.1) is 0 Å². The Balaban J connectivity index is 2.27. The van der Waals surface area contributed by atoms with E-state index in [4.69, 9.17) is 14.6 Å². The van der Waals surface area contributed by atoms with Gasteiger partial charge >= 0.3 is 5.97 Å². The van der Waals surface area contributed by atoms with Crippen molar-refractivity contribution in [1.29, 1.82) is 0 Å². The van der Waals surface area contributed by atoms with Gasteiger partial charge in [0.1, 0.15) is 6.54 Å². The average molecular weight is 293 g/mol. The Bertz CT molecular complexity index is 557. The number of hydrogen-bond acceptors (Lipinski definition) is 4. The number of nitrogens with zero attached hydrogens (tertiary/aromatic N) is 1. The zero-order chi connectivity index (χ0) is 15.6. The minimum absolute atomic E-state index is 0.0910. The topological polar surface area (TPSA) is 76.1 Å². The Morgan fingerprint density at radius 2 is 2.00 bits per heavy atom. The Morgan fingerprint density at radius 3 is 2.57 bits per heavy atom. The lowest BCUT2D eigenvalue weighted by Crippen LogP contribution is -2.36. The number of carbonyl (C=O) groups excluding carboxylic acids is 1. The maximum atomic E-state index is 12.4. The Hall–Kier alpha value is -2.24. The van der Waals surface area contributed by atoms with Gasteiger partial charge in [0.2, 0.25) is 5.91 Å². The first kappa shape index (κ1) is 15.2. The molecule has 1 aliphatic rings. The molecule has 1 N–H and O–H groups in total. The van der Waals surface area contributed by atoms with Gasteiger partial charge in [-0.15, -0.1) is 0 Å². The number of amides is 1. The van der Waals surface area contributed by atoms with E-state index in [1.165, 1.54) is 12.0 Å². The molecule has 114 valence electrons. The van der Waals surface area contributed by atoms with Crippen molar-refractivity contribution in [3.8, 4) is 11.5 Å². The molecule has 2 rings (SSSR count). The number of methoxy groups -OCH3 is 2. The van der Waals surface area contributed by atoms with E-state index in [0.717, 1.165) is 5.56 Å². The van der Waals surface area contributed by atoms with Crippen molar-refractivity contribution < 1.29 is 24.2 Å². The summed E-state index contributed by atoms with van der Waals surface area (Å²) in [7, 11) is 3.09. The number of ether oxygens (including phenoxy) is 2. The van der Waals surface area contributed by atoms with Crippen LogP contribution in [0.25, 0.3) is 0 Å². The third-order valence-electron chi connectivity index (χ3n) is 3.81. The highest BCUT2D eigenvalue weighted by molar-refractivity contribution is 5.89. The summed E-state index contributed by atoms with van der Waals surface area (Å²) < 4.78 is 10.4. The van der Waals surface area contributed by atoms with Crippen LogP contribution in [0.1, 0.15) is 24.8 Å². The minimum atomic E-state index is -0.997. The fourth-order valence-corrected chi connectivity index (χ4v) is 2.71. The van der Waals surface area contributed by atoms with Crippen molar-refractivity contribution in [3.05, 3.63) is 23.8 Å². The van der Waals surface area contributed by atoms with Crippen molar-refractivity contribution in [2.45, 2.75) is 25.3 Å². The largest absolute Gasteiger partial charge is 0.493 e. The van der Waals surface area contributed by atoms with Crippen LogP contribution in [0.2, 0.25) is 0 Å². The lowest BCUT2D eigenvalue weighted by atomic mass is 9.95. The van der Waals surface area contributed by atoms with Crippen molar-refractivity contribution in [3.63, 3.8) is 0 Å². The molecule has 0 saturated carbocycles. The van der Waals surface area contributed by atoms with Crippen LogP contribution in [0.3, 0.4) is 0 Å². The molecule has 0 radical (unpaired) electrons. The molecule has 1 aromatic rings. The number of carboxylic acids is 1. The molecule has 2 unspecified atom stereocenters. The van der Waals surface area contributed by atoms with Gasteiger partial charge in [-0.25, -0.2) is 0 Å². The summed E-state index contributed by atoms with van der Waals surface area (Å²) in [6.07, 6.45) is 0.599. The van der Waals surface area contributed by atoms with Gasteiger partial charge in [-0.05, 0) is 31.0 Å². The molecule has 1 aliphatic heterocycles. The molecule has 1 saturated heterocycles. The van der Waals surface area contributed by atoms with Crippen molar-refractivity contribution >= 4 is 11.9 Å². The second-order valence-corrected chi connectivity index (χ2v) is 5.11. The summed E-state index contributed by atoms with van der Waals surface area (Å²) in [5, 5.41) is 8.89. The summed E-state index contributed by atoms with van der Waals surface area (Å²) in [6, 6.07) is 5.26. The van der Waals surface area contributed by atoms with E-state index in [1.807, 2.05) is 13.0 Å². The van der Waals surface area contributed by atoms with E-state index < -0.39 is 5.97 Å². The van der Waals surface area contributed by atoms with Crippen LogP contribution in [0.15, 0.2) is 18.2 Å². The van der Waals surface area contributed by atoms with E-state index in [0.29, 0.717) is 17.9 Å². The van der Waals surface area contributed by atoms with E-state index >= 15 is 0 Å². The van der Waals surface area contributed by atoms with E-state index in [9.17, 15) is 9.59 Å². The fraction of sp³-hybridized carbons (Fsp3) is 0.467. The first-order valence-corrected chi connectivity index (χ1v) is 6.72. The Morgan fingerprint density at radius 1 is 1.33 bits per heavy atom. The summed E-state index contributed by atoms with van der Waals surface area (Å²) in [6.45, 7) is 1.60. The van der Waals surface area contributed by atoms with Crippen LogP contribution in [0.4, 0.5) is 0 Å². The molecule has 1 fully saturated rings. The molecule has 21 heavy (non-hydrogen) atoms. The molecule has 0 bridgehead atoms. The van der Waals surface area contributed by atoms with Crippen LogP contribution in [-0.4, -0.2) is 48.7 Å². The van der Waals surface area contributed by atoms with E-state index in [-0.39, 0.29) is 24.4 Å². The lowest BCUT2D eigenvalue weighted by Gasteiger charge is -2.19. The number of carbonyl (C=O) groups is 2. The molecular weight excluding hydrogens is 274 g/mol. The molecule has 6 heteroatoms. The van der Waals surface area contributed by atoms with Gasteiger partial charge in [-0.1, -0.05) is 6.07 Å². The van der Waals surface area contributed by atoms with Crippen molar-refractivity contribution in [1.82, 2.24) is 4.90 Å². The zero-order valence-corrected chi connectivity index (χ0v) is 12.3. The highest BCUT2D eigenvalue weighted by Crippen LogP contribution is 2.37. The summed E-state index contributed by atoms with van der Waals surface area (Å²) >= 11 is 0. The molecule has 0 aliphatic carbocycles. The predicted molar refractivity (Wildman–Crippen MR) is 75.7 cm³/mol. The maximum absolute atomic E-state index is 12.4. The number of likely N-dealkylation sites (tertiary alicyclic amines) is 1. The predicted octanol–water partition coefficient (Wildman–Crippen LogP) is 1.49. The molecule has 0 spiro atoms. The fourth-order valence-electron chi connectivity index (χ4n) is 2.71. The Kier molecular flexibility index (Phi) is 4.35. The van der Waals surface area contributed by atoms with Gasteiger partial charge in [-0.3, -0.25) is 9.59 Å². The van der Waals surface area contributed by atoms with Gasteiger partial charge in [0.25, 0.3) is 0 Å². The number of hydrogen-bond donors (Lipinski definition) is 1. The molecule has 0 aromatic heterocycles. The monoisotopic (exact) mass is 293 g/mol. The summed E-state index contributed by atoms with van der Waals surface area (Å²) in [5.74, 6) is -0.325. The minimum Gasteiger partial charge on any atom is -0.493 e. The number of benzene rings is 1. The van der Waals surface area contributed by atoms with Gasteiger partial charge in [0, 0.05) is 6.04 Å². The lowest BCUT2D eigenvalue weighted by molar-refractivity contribution is -0.143. The SMILES string of the molecule is COc1ccc(C2CC(C)N(CC(=O)O)C2=O)cc1OC. The molecule has 2 atom stereocenters. The van der Waals surface area contributed by atoms with Crippen LogP contribution in [0.5, 0.6) is 11.5 Å². The normalized spacial score (nSPS) is 21.5. The van der Waals surface area contributed by atoms with Gasteiger partial charge in [-0.2, -0.15) is 0 Å². The first-order valence-electron chi connectivity index (χ1n) is 6.72. The Labute approximate surface area is 123 Å². The molecule has 1 heterocycles. The average Bonchev–Trinajstić information content (AvgIpc) is 2.74. The standard InChI is InChI=1S/C15H19NO5/c1-9-6-11(15(19)16(9)8-14(17)18)10-4-5-12(20-2)13(7-10)21-3/h4-5,7,9,11H,6,8H2,1-3H3,(H,17,18). The molecule has 1 amide bonds. The van der Waals surface area contributed by atoms with E-state index in [2.05, 4.69) is 0 Å². The number of carboxylic acid groups (broad SMARTS) is 1. The maximum Gasteiger partial charge on any atom is 0.323 e. The second-order valence-electron chi connectivity index (χ2n) is 5.11. The molecule has 1 aromatic carbocycles. The smallest absolute Gasteiger partial charge is 0.323 e. The summed E-state index contributed by atoms with van der Waals surface area (Å²) in [4.78, 5) is 24.6. The van der Waals surface area contributed by atoms with E-state index in [1.54, 1.807) is 19.2 Å². The van der Waals surface area contributed by atoms with Crippen LogP contribution in [-0.2, 0) is 9.59 Å². The molecule has 6 nitrogen and oxygen atoms in total. The van der Waals surface area contributed by atoms with Gasteiger partial charge in [0.15, 0.2) is 11.5 Å². The summed E-state index contributed by atoms with van der Waals surface area (Å²) in [5.41, 5.74) is 0.817. The van der Waals surface area contributed by atoms with Crippen LogP contribution >= 0.6 is 0 Å². The second kappa shape index (κ2) is 6.03. The highest BCUT2D eigenvalue weighted by atomic mass is 16.5. The molecular formula is C15H19NO5. The van der Waals surface area contributed by atoms with Gasteiger partial charge in [0.05, 0.1) is 20.1 Å². The number of rotatable bonds is 5. The quantitative estimate of drug-likeness (QED) is 0.890. The third-order valence-corrected chi connectivity index (χ3v) is 3.81. The van der Waals surface area contributed by atoms with Gasteiger partial charge < -0.3 is 19.5 Å². The van der Waals surface area contributed by atoms with Crippen molar-refractivity contribution in [2.75, 3.05) is 20.8 Å².